The van der Waals surface area contributed by atoms with Crippen molar-refractivity contribution in [3.8, 4) is 0 Å². The van der Waals surface area contributed by atoms with Crippen molar-refractivity contribution in [1.29, 1.82) is 10.8 Å². The Bertz CT molecular complexity index is 150. The topological polar surface area (TPSA) is 59.7 Å². The maximum Gasteiger partial charge on any atom is 0.101 e. The van der Waals surface area contributed by atoms with E-state index in [4.69, 9.17) is 10.8 Å². The minimum absolute atomic E-state index is 0.319. The highest BCUT2D eigenvalue weighted by molar-refractivity contribution is 6.01. The highest BCUT2D eigenvalue weighted by atomic mass is 15.0. The van der Waals surface area contributed by atoms with E-state index in [0.29, 0.717) is 17.6 Å². The SMILES string of the molecule is CC1CCC(=N)NC1=N. The summed E-state index contributed by atoms with van der Waals surface area (Å²) in [6.45, 7) is 2.00. The van der Waals surface area contributed by atoms with Crippen LogP contribution < -0.4 is 5.32 Å². The number of hydrogen-bond donors (Lipinski definition) is 3. The molecule has 1 aliphatic rings. The van der Waals surface area contributed by atoms with Gasteiger partial charge < -0.3 is 5.32 Å². The van der Waals surface area contributed by atoms with Crippen LogP contribution in [0.15, 0.2) is 0 Å². The van der Waals surface area contributed by atoms with Crippen LogP contribution in [0.2, 0.25) is 0 Å². The average Bonchev–Trinajstić information content (AvgIpc) is 1.80. The lowest BCUT2D eigenvalue weighted by molar-refractivity contribution is 0.656. The monoisotopic (exact) mass is 125 g/mol. The Kier molecular flexibility index (Phi) is 1.51. The van der Waals surface area contributed by atoms with Crippen LogP contribution in [0.4, 0.5) is 0 Å². The fraction of sp³-hybridized carbons (Fsp3) is 0.667. The molecule has 1 unspecified atom stereocenters. The maximum absolute atomic E-state index is 7.27. The maximum atomic E-state index is 7.27. The van der Waals surface area contributed by atoms with Gasteiger partial charge in [0, 0.05) is 12.3 Å². The molecule has 0 aromatic heterocycles. The molecule has 1 heterocycles. The van der Waals surface area contributed by atoms with Gasteiger partial charge in [0.05, 0.1) is 5.84 Å². The molecule has 3 nitrogen and oxygen atoms in total. The third kappa shape index (κ3) is 1.28. The largest absolute Gasteiger partial charge is 0.333 e. The summed E-state index contributed by atoms with van der Waals surface area (Å²) in [5.41, 5.74) is 0. The van der Waals surface area contributed by atoms with Gasteiger partial charge in [-0.15, -0.1) is 0 Å². The quantitative estimate of drug-likeness (QED) is 0.443. The van der Waals surface area contributed by atoms with Crippen LogP contribution in [-0.2, 0) is 0 Å². The molecule has 50 valence electrons. The van der Waals surface area contributed by atoms with E-state index in [1.807, 2.05) is 6.92 Å². The van der Waals surface area contributed by atoms with Crippen LogP contribution in [0.3, 0.4) is 0 Å². The van der Waals surface area contributed by atoms with Crippen LogP contribution in [0.5, 0.6) is 0 Å². The third-order valence-corrected chi connectivity index (χ3v) is 1.61. The Morgan fingerprint density at radius 1 is 1.56 bits per heavy atom. The summed E-state index contributed by atoms with van der Waals surface area (Å²) in [5, 5.41) is 17.1. The summed E-state index contributed by atoms with van der Waals surface area (Å²) >= 11 is 0. The molecule has 1 saturated heterocycles. The molecule has 0 aromatic rings. The zero-order valence-corrected chi connectivity index (χ0v) is 5.49. The van der Waals surface area contributed by atoms with Gasteiger partial charge in [-0.25, -0.2) is 0 Å². The molecule has 1 rings (SSSR count). The van der Waals surface area contributed by atoms with Crippen LogP contribution in [-0.4, -0.2) is 11.7 Å². The minimum Gasteiger partial charge on any atom is -0.333 e. The molecule has 3 N–H and O–H groups in total. The molecule has 9 heavy (non-hydrogen) atoms. The number of amidine groups is 2. The molecular weight excluding hydrogens is 114 g/mol. The van der Waals surface area contributed by atoms with E-state index in [1.54, 1.807) is 0 Å². The lowest BCUT2D eigenvalue weighted by atomic mass is 10.00. The van der Waals surface area contributed by atoms with Crippen LogP contribution in [0.1, 0.15) is 19.8 Å². The van der Waals surface area contributed by atoms with E-state index in [1.165, 1.54) is 0 Å². The van der Waals surface area contributed by atoms with Gasteiger partial charge in [0.25, 0.3) is 0 Å². The molecule has 1 atom stereocenters. The Balaban J connectivity index is 2.54. The molecule has 0 bridgehead atoms. The van der Waals surface area contributed by atoms with Gasteiger partial charge >= 0.3 is 0 Å². The van der Waals surface area contributed by atoms with Crippen molar-refractivity contribution in [2.45, 2.75) is 19.8 Å². The first kappa shape index (κ1) is 6.26. The Labute approximate surface area is 54.5 Å². The minimum atomic E-state index is 0.319. The Morgan fingerprint density at radius 3 is 2.67 bits per heavy atom. The highest BCUT2D eigenvalue weighted by Crippen LogP contribution is 2.10. The number of hydrogen-bond acceptors (Lipinski definition) is 2. The van der Waals surface area contributed by atoms with E-state index in [0.717, 1.165) is 12.8 Å². The molecular formula is C6H11N3. The van der Waals surface area contributed by atoms with Gasteiger partial charge in [0.1, 0.15) is 5.84 Å². The van der Waals surface area contributed by atoms with Gasteiger partial charge in [-0.3, -0.25) is 10.8 Å². The number of nitrogens with one attached hydrogen (secondary N) is 3. The second-order valence-corrected chi connectivity index (χ2v) is 2.46. The first-order valence-electron chi connectivity index (χ1n) is 3.13. The van der Waals surface area contributed by atoms with Gasteiger partial charge in [0.15, 0.2) is 0 Å². The van der Waals surface area contributed by atoms with Crippen molar-refractivity contribution in [1.82, 2.24) is 5.32 Å². The van der Waals surface area contributed by atoms with Gasteiger partial charge in [-0.05, 0) is 6.42 Å². The molecule has 0 aliphatic carbocycles. The van der Waals surface area contributed by atoms with E-state index in [9.17, 15) is 0 Å². The summed E-state index contributed by atoms with van der Waals surface area (Å²) in [4.78, 5) is 0. The lowest BCUT2D eigenvalue weighted by Gasteiger charge is -2.20. The van der Waals surface area contributed by atoms with Crippen LogP contribution in [0.25, 0.3) is 0 Å². The van der Waals surface area contributed by atoms with Crippen LogP contribution >= 0.6 is 0 Å². The van der Waals surface area contributed by atoms with Crippen molar-refractivity contribution >= 4 is 11.7 Å². The van der Waals surface area contributed by atoms with Gasteiger partial charge in [-0.1, -0.05) is 6.92 Å². The Morgan fingerprint density at radius 2 is 2.22 bits per heavy atom. The van der Waals surface area contributed by atoms with E-state index in [-0.39, 0.29) is 0 Å². The molecule has 0 saturated carbocycles. The first-order chi connectivity index (χ1) is 4.20. The van der Waals surface area contributed by atoms with E-state index in [2.05, 4.69) is 5.32 Å². The number of piperidine rings is 1. The normalized spacial score (nSPS) is 27.9. The molecule has 1 fully saturated rings. The van der Waals surface area contributed by atoms with Crippen LogP contribution in [0, 0.1) is 16.7 Å². The fourth-order valence-electron chi connectivity index (χ4n) is 0.853. The van der Waals surface area contributed by atoms with E-state index >= 15 is 0 Å². The zero-order valence-electron chi connectivity index (χ0n) is 5.49. The summed E-state index contributed by atoms with van der Waals surface area (Å²) in [5.74, 6) is 1.29. The lowest BCUT2D eigenvalue weighted by Crippen LogP contribution is -2.38. The second-order valence-electron chi connectivity index (χ2n) is 2.46. The smallest absolute Gasteiger partial charge is 0.101 e. The molecule has 0 radical (unpaired) electrons. The zero-order chi connectivity index (χ0) is 6.85. The fourth-order valence-corrected chi connectivity index (χ4v) is 0.853. The van der Waals surface area contributed by atoms with Crippen molar-refractivity contribution in [3.05, 3.63) is 0 Å². The number of rotatable bonds is 0. The van der Waals surface area contributed by atoms with Crippen molar-refractivity contribution in [2.75, 3.05) is 0 Å². The van der Waals surface area contributed by atoms with Crippen molar-refractivity contribution in [2.24, 2.45) is 5.92 Å². The van der Waals surface area contributed by atoms with Gasteiger partial charge in [-0.2, -0.15) is 0 Å². The van der Waals surface area contributed by atoms with Gasteiger partial charge in [0.2, 0.25) is 0 Å². The second kappa shape index (κ2) is 2.17. The van der Waals surface area contributed by atoms with Crippen molar-refractivity contribution in [3.63, 3.8) is 0 Å². The molecule has 3 heteroatoms. The third-order valence-electron chi connectivity index (χ3n) is 1.61. The van der Waals surface area contributed by atoms with Crippen molar-refractivity contribution < 1.29 is 0 Å². The molecule has 0 aromatic carbocycles. The molecule has 1 aliphatic heterocycles. The molecule has 0 amide bonds. The predicted molar refractivity (Wildman–Crippen MR) is 37.0 cm³/mol. The standard InChI is InChI=1S/C6H11N3/c1-4-2-3-5(7)9-6(4)8/h4H,2-3H2,1H3,(H3,7,8,9). The first-order valence-corrected chi connectivity index (χ1v) is 3.13. The highest BCUT2D eigenvalue weighted by Gasteiger charge is 2.16. The Hall–Kier alpha value is -0.860. The summed E-state index contributed by atoms with van der Waals surface area (Å²) in [6, 6.07) is 0. The summed E-state index contributed by atoms with van der Waals surface area (Å²) in [7, 11) is 0. The molecule has 0 spiro atoms. The summed E-state index contributed by atoms with van der Waals surface area (Å²) in [6.07, 6.45) is 1.74. The van der Waals surface area contributed by atoms with E-state index < -0.39 is 0 Å². The average molecular weight is 125 g/mol. The predicted octanol–water partition coefficient (Wildman–Crippen LogP) is 0.960. The summed E-state index contributed by atoms with van der Waals surface area (Å²) < 4.78 is 0.